The zero-order valence-corrected chi connectivity index (χ0v) is 10.3. The summed E-state index contributed by atoms with van der Waals surface area (Å²) in [7, 11) is 0. The van der Waals surface area contributed by atoms with Crippen molar-refractivity contribution >= 4 is 23.6 Å². The third kappa shape index (κ3) is 5.06. The van der Waals surface area contributed by atoms with Gasteiger partial charge in [-0.15, -0.1) is 0 Å². The van der Waals surface area contributed by atoms with Crippen molar-refractivity contribution in [2.75, 3.05) is 12.0 Å². The van der Waals surface area contributed by atoms with E-state index in [1.807, 2.05) is 6.26 Å². The molecule has 0 spiro atoms. The summed E-state index contributed by atoms with van der Waals surface area (Å²) >= 11 is 1.68. The fraction of sp³-hybridized carbons (Fsp3) is 0.800. The van der Waals surface area contributed by atoms with Gasteiger partial charge in [0.1, 0.15) is 5.54 Å². The lowest BCUT2D eigenvalue weighted by atomic mass is 9.99. The Balaban J connectivity index is 4.08. The fourth-order valence-corrected chi connectivity index (χ4v) is 1.47. The van der Waals surface area contributed by atoms with Crippen LogP contribution in [-0.2, 0) is 9.59 Å². The van der Waals surface area contributed by atoms with Crippen LogP contribution >= 0.6 is 11.8 Å². The Labute approximate surface area is 94.8 Å². The number of nitrogens with one attached hydrogen (secondary N) is 1. The second-order valence-electron chi connectivity index (χ2n) is 3.64. The number of amides is 1. The number of aliphatic carboxylic acids is 1. The van der Waals surface area contributed by atoms with Gasteiger partial charge in [-0.2, -0.15) is 11.8 Å². The van der Waals surface area contributed by atoms with Crippen molar-refractivity contribution in [1.29, 1.82) is 0 Å². The number of carbonyl (C=O) groups excluding carboxylic acids is 1. The highest BCUT2D eigenvalue weighted by Crippen LogP contribution is 2.10. The molecular formula is C10H19NO3S. The monoisotopic (exact) mass is 233 g/mol. The standard InChI is InChI=1S/C10H19NO3S/c1-4-10(2,9(13)14)11-8(12)6-5-7-15-3/h4-7H2,1-3H3,(H,11,12)(H,13,14). The summed E-state index contributed by atoms with van der Waals surface area (Å²) in [5.41, 5.74) is -1.13. The Morgan fingerprint density at radius 3 is 2.47 bits per heavy atom. The predicted octanol–water partition coefficient (Wildman–Crippen LogP) is 1.50. The average molecular weight is 233 g/mol. The van der Waals surface area contributed by atoms with Gasteiger partial charge in [0.2, 0.25) is 5.91 Å². The van der Waals surface area contributed by atoms with Crippen LogP contribution < -0.4 is 5.32 Å². The first-order valence-electron chi connectivity index (χ1n) is 4.99. The van der Waals surface area contributed by atoms with Gasteiger partial charge in [-0.25, -0.2) is 4.79 Å². The second kappa shape index (κ2) is 6.71. The maximum absolute atomic E-state index is 11.4. The Morgan fingerprint density at radius 1 is 1.47 bits per heavy atom. The molecule has 2 N–H and O–H groups in total. The van der Waals surface area contributed by atoms with E-state index < -0.39 is 11.5 Å². The average Bonchev–Trinajstić information content (AvgIpc) is 2.17. The molecule has 0 saturated heterocycles. The van der Waals surface area contributed by atoms with Crippen molar-refractivity contribution in [2.24, 2.45) is 0 Å². The normalized spacial score (nSPS) is 14.3. The van der Waals surface area contributed by atoms with Crippen LogP contribution in [0.4, 0.5) is 0 Å². The minimum absolute atomic E-state index is 0.184. The number of carboxylic acids is 1. The van der Waals surface area contributed by atoms with E-state index in [1.165, 1.54) is 6.92 Å². The molecule has 0 fully saturated rings. The zero-order valence-electron chi connectivity index (χ0n) is 9.50. The molecule has 15 heavy (non-hydrogen) atoms. The van der Waals surface area contributed by atoms with Crippen LogP contribution in [0, 0.1) is 0 Å². The van der Waals surface area contributed by atoms with Crippen LogP contribution in [0.1, 0.15) is 33.1 Å². The molecule has 0 aliphatic carbocycles. The Hall–Kier alpha value is -0.710. The molecule has 0 aromatic rings. The quantitative estimate of drug-likeness (QED) is 0.654. The van der Waals surface area contributed by atoms with E-state index in [-0.39, 0.29) is 5.91 Å². The largest absolute Gasteiger partial charge is 0.480 e. The number of hydrogen-bond acceptors (Lipinski definition) is 3. The first kappa shape index (κ1) is 14.3. The number of carbonyl (C=O) groups is 2. The molecule has 4 nitrogen and oxygen atoms in total. The van der Waals surface area contributed by atoms with Crippen molar-refractivity contribution in [3.05, 3.63) is 0 Å². The van der Waals surface area contributed by atoms with Gasteiger partial charge >= 0.3 is 5.97 Å². The van der Waals surface area contributed by atoms with Gasteiger partial charge in [0.15, 0.2) is 0 Å². The van der Waals surface area contributed by atoms with Crippen LogP contribution in [0.3, 0.4) is 0 Å². The summed E-state index contributed by atoms with van der Waals surface area (Å²) < 4.78 is 0. The Morgan fingerprint density at radius 2 is 2.07 bits per heavy atom. The zero-order chi connectivity index (χ0) is 11.9. The minimum Gasteiger partial charge on any atom is -0.480 e. The summed E-state index contributed by atoms with van der Waals surface area (Å²) in [5, 5.41) is 11.5. The van der Waals surface area contributed by atoms with Crippen molar-refractivity contribution in [2.45, 2.75) is 38.6 Å². The first-order valence-corrected chi connectivity index (χ1v) is 6.39. The van der Waals surface area contributed by atoms with Gasteiger partial charge in [-0.05, 0) is 31.8 Å². The summed E-state index contributed by atoms with van der Waals surface area (Å²) in [6, 6.07) is 0. The lowest BCUT2D eigenvalue weighted by Gasteiger charge is -2.24. The van der Waals surface area contributed by atoms with Crippen molar-refractivity contribution in [3.8, 4) is 0 Å². The fourth-order valence-electron chi connectivity index (χ4n) is 1.04. The van der Waals surface area contributed by atoms with E-state index in [0.717, 1.165) is 12.2 Å². The number of thioether (sulfide) groups is 1. The molecule has 0 bridgehead atoms. The molecule has 0 aromatic heterocycles. The Kier molecular flexibility index (Phi) is 6.40. The molecule has 1 unspecified atom stereocenters. The van der Waals surface area contributed by atoms with Crippen molar-refractivity contribution in [3.63, 3.8) is 0 Å². The topological polar surface area (TPSA) is 66.4 Å². The second-order valence-corrected chi connectivity index (χ2v) is 4.62. The number of rotatable bonds is 7. The van der Waals surface area contributed by atoms with Crippen LogP contribution in [0.2, 0.25) is 0 Å². The molecule has 0 aliphatic heterocycles. The SMILES string of the molecule is CCC(C)(NC(=O)CCCSC)C(=O)O. The molecule has 0 radical (unpaired) electrons. The smallest absolute Gasteiger partial charge is 0.329 e. The lowest BCUT2D eigenvalue weighted by molar-refractivity contribution is -0.147. The highest BCUT2D eigenvalue weighted by atomic mass is 32.2. The first-order chi connectivity index (χ1) is 6.96. The number of carboxylic acid groups (broad SMARTS) is 1. The molecule has 1 atom stereocenters. The molecule has 0 aromatic carbocycles. The molecule has 0 saturated carbocycles. The van der Waals surface area contributed by atoms with Gasteiger partial charge in [0.25, 0.3) is 0 Å². The molecule has 0 heterocycles. The van der Waals surface area contributed by atoms with E-state index in [1.54, 1.807) is 18.7 Å². The summed E-state index contributed by atoms with van der Waals surface area (Å²) in [4.78, 5) is 22.3. The summed E-state index contributed by atoms with van der Waals surface area (Å²) in [6.07, 6.45) is 3.54. The van der Waals surface area contributed by atoms with Gasteiger partial charge in [0.05, 0.1) is 0 Å². The van der Waals surface area contributed by atoms with Crippen LogP contribution in [0.15, 0.2) is 0 Å². The maximum Gasteiger partial charge on any atom is 0.329 e. The van der Waals surface area contributed by atoms with Gasteiger partial charge in [-0.1, -0.05) is 6.92 Å². The van der Waals surface area contributed by atoms with Crippen LogP contribution in [0.5, 0.6) is 0 Å². The predicted molar refractivity (Wildman–Crippen MR) is 62.1 cm³/mol. The Bertz CT molecular complexity index is 233. The third-order valence-electron chi connectivity index (χ3n) is 2.35. The third-order valence-corrected chi connectivity index (χ3v) is 3.04. The number of hydrogen-bond donors (Lipinski definition) is 2. The highest BCUT2D eigenvalue weighted by Gasteiger charge is 2.32. The minimum atomic E-state index is -1.13. The highest BCUT2D eigenvalue weighted by molar-refractivity contribution is 7.98. The summed E-state index contributed by atoms with van der Waals surface area (Å²) in [6.45, 7) is 3.28. The van der Waals surface area contributed by atoms with Crippen molar-refractivity contribution < 1.29 is 14.7 Å². The van der Waals surface area contributed by atoms with E-state index in [2.05, 4.69) is 5.32 Å². The van der Waals surface area contributed by atoms with Crippen molar-refractivity contribution in [1.82, 2.24) is 5.32 Å². The maximum atomic E-state index is 11.4. The van der Waals surface area contributed by atoms with Crippen LogP contribution in [-0.4, -0.2) is 34.5 Å². The lowest BCUT2D eigenvalue weighted by Crippen LogP contribution is -2.51. The molecule has 1 amide bonds. The van der Waals surface area contributed by atoms with Gasteiger partial charge in [-0.3, -0.25) is 4.79 Å². The molecular weight excluding hydrogens is 214 g/mol. The summed E-state index contributed by atoms with van der Waals surface area (Å²) in [5.74, 6) is -0.248. The molecule has 0 rings (SSSR count). The van der Waals surface area contributed by atoms with E-state index in [4.69, 9.17) is 5.11 Å². The van der Waals surface area contributed by atoms with Crippen LogP contribution in [0.25, 0.3) is 0 Å². The molecule has 88 valence electrons. The molecule has 5 heteroatoms. The van der Waals surface area contributed by atoms with Gasteiger partial charge < -0.3 is 10.4 Å². The van der Waals surface area contributed by atoms with E-state index >= 15 is 0 Å². The molecule has 0 aliphatic rings. The van der Waals surface area contributed by atoms with Gasteiger partial charge in [0, 0.05) is 6.42 Å². The van der Waals surface area contributed by atoms with E-state index in [9.17, 15) is 9.59 Å². The van der Waals surface area contributed by atoms with E-state index in [0.29, 0.717) is 12.8 Å².